The second-order valence-corrected chi connectivity index (χ2v) is 9.92. The van der Waals surface area contributed by atoms with Crippen LogP contribution >= 0.6 is 31.9 Å². The third-order valence-electron chi connectivity index (χ3n) is 6.26. The van der Waals surface area contributed by atoms with E-state index in [1.54, 1.807) is 6.21 Å². The zero-order valence-corrected chi connectivity index (χ0v) is 19.5. The summed E-state index contributed by atoms with van der Waals surface area (Å²) in [5.74, 6) is 1.36. The van der Waals surface area contributed by atoms with Gasteiger partial charge in [0.2, 0.25) is 5.91 Å². The molecule has 3 atom stereocenters. The van der Waals surface area contributed by atoms with Gasteiger partial charge in [0.25, 0.3) is 0 Å². The van der Waals surface area contributed by atoms with Crippen LogP contribution in [0.5, 0.6) is 5.75 Å². The molecular formula is C23H24Br2N2O2. The lowest BCUT2D eigenvalue weighted by Gasteiger charge is -2.15. The minimum atomic E-state index is 0.0384. The zero-order valence-electron chi connectivity index (χ0n) is 16.3. The van der Waals surface area contributed by atoms with Crippen LogP contribution in [0.1, 0.15) is 43.7 Å². The van der Waals surface area contributed by atoms with Crippen molar-refractivity contribution in [1.82, 2.24) is 5.43 Å². The lowest BCUT2D eigenvalue weighted by Crippen LogP contribution is -2.22. The SMILES string of the molecule is C[C@]12CCCC[C@H]1[C@H]2C(=O)N/N=C\c1cc(Br)cc(Br)c1OCc1ccccc1. The number of fused-ring (bicyclic) bond motifs is 1. The van der Waals surface area contributed by atoms with Crippen LogP contribution in [0.15, 0.2) is 56.5 Å². The highest BCUT2D eigenvalue weighted by Crippen LogP contribution is 2.66. The van der Waals surface area contributed by atoms with Crippen molar-refractivity contribution in [2.45, 2.75) is 39.2 Å². The molecule has 0 bridgehead atoms. The number of amides is 1. The first kappa shape index (κ1) is 20.6. The van der Waals surface area contributed by atoms with Gasteiger partial charge >= 0.3 is 0 Å². The van der Waals surface area contributed by atoms with Crippen molar-refractivity contribution in [2.24, 2.45) is 22.4 Å². The minimum absolute atomic E-state index is 0.0384. The van der Waals surface area contributed by atoms with Gasteiger partial charge < -0.3 is 4.74 Å². The molecule has 0 saturated heterocycles. The van der Waals surface area contributed by atoms with Crippen LogP contribution < -0.4 is 10.2 Å². The molecule has 4 nitrogen and oxygen atoms in total. The standard InChI is InChI=1S/C23H24Br2N2O2/c1-23-10-6-5-9-18(23)20(23)22(28)27-26-13-16-11-17(24)12-19(25)21(16)29-14-15-7-3-2-4-8-15/h2-4,7-8,11-13,18,20H,5-6,9-10,14H2,1H3,(H,27,28)/b26-13-/t18-,20-,23-/m0/s1. The van der Waals surface area contributed by atoms with E-state index in [0.29, 0.717) is 18.3 Å². The second kappa shape index (κ2) is 8.60. The summed E-state index contributed by atoms with van der Waals surface area (Å²) >= 11 is 7.08. The number of benzene rings is 2. The second-order valence-electron chi connectivity index (χ2n) is 8.15. The molecule has 2 aliphatic carbocycles. The highest BCUT2D eigenvalue weighted by atomic mass is 79.9. The van der Waals surface area contributed by atoms with Gasteiger partial charge in [-0.05, 0) is 57.8 Å². The van der Waals surface area contributed by atoms with Gasteiger partial charge in [0.1, 0.15) is 12.4 Å². The van der Waals surface area contributed by atoms with Crippen LogP contribution in [0.2, 0.25) is 0 Å². The number of hydrazone groups is 1. The molecule has 0 aromatic heterocycles. The fourth-order valence-corrected chi connectivity index (χ4v) is 6.02. The highest BCUT2D eigenvalue weighted by molar-refractivity contribution is 9.11. The maximum Gasteiger partial charge on any atom is 0.244 e. The van der Waals surface area contributed by atoms with Crippen molar-refractivity contribution >= 4 is 44.0 Å². The third kappa shape index (κ3) is 4.43. The van der Waals surface area contributed by atoms with Gasteiger partial charge in [-0.3, -0.25) is 4.79 Å². The molecule has 0 spiro atoms. The van der Waals surface area contributed by atoms with E-state index in [4.69, 9.17) is 4.74 Å². The Morgan fingerprint density at radius 2 is 2.07 bits per heavy atom. The van der Waals surface area contributed by atoms with Crippen LogP contribution in [-0.2, 0) is 11.4 Å². The predicted octanol–water partition coefficient (Wildman–Crippen LogP) is 6.07. The molecule has 2 saturated carbocycles. The van der Waals surface area contributed by atoms with E-state index in [-0.39, 0.29) is 17.2 Å². The van der Waals surface area contributed by atoms with Gasteiger partial charge in [-0.15, -0.1) is 0 Å². The highest BCUT2D eigenvalue weighted by Gasteiger charge is 2.64. The van der Waals surface area contributed by atoms with Crippen LogP contribution in [0.25, 0.3) is 0 Å². The first-order valence-corrected chi connectivity index (χ1v) is 11.6. The van der Waals surface area contributed by atoms with Crippen LogP contribution in [0.4, 0.5) is 0 Å². The van der Waals surface area contributed by atoms with Gasteiger partial charge in [-0.25, -0.2) is 5.43 Å². The fourth-order valence-electron chi connectivity index (χ4n) is 4.64. The topological polar surface area (TPSA) is 50.7 Å². The summed E-state index contributed by atoms with van der Waals surface area (Å²) in [6.07, 6.45) is 6.43. The Kier molecular flexibility index (Phi) is 6.11. The number of rotatable bonds is 6. The van der Waals surface area contributed by atoms with E-state index in [2.05, 4.69) is 49.3 Å². The number of carbonyl (C=O) groups excluding carboxylic acids is 1. The monoisotopic (exact) mass is 518 g/mol. The van der Waals surface area contributed by atoms with E-state index < -0.39 is 0 Å². The smallest absolute Gasteiger partial charge is 0.244 e. The number of carbonyl (C=O) groups is 1. The van der Waals surface area contributed by atoms with Crippen molar-refractivity contribution in [3.8, 4) is 5.75 Å². The molecule has 2 fully saturated rings. The molecule has 1 N–H and O–H groups in total. The van der Waals surface area contributed by atoms with E-state index in [0.717, 1.165) is 32.9 Å². The predicted molar refractivity (Wildman–Crippen MR) is 122 cm³/mol. The Morgan fingerprint density at radius 3 is 2.79 bits per heavy atom. The quantitative estimate of drug-likeness (QED) is 0.372. The Hall–Kier alpha value is -1.66. The van der Waals surface area contributed by atoms with E-state index >= 15 is 0 Å². The summed E-state index contributed by atoms with van der Waals surface area (Å²) in [7, 11) is 0. The molecule has 1 amide bonds. The zero-order chi connectivity index (χ0) is 20.4. The number of nitrogens with one attached hydrogen (secondary N) is 1. The Bertz CT molecular complexity index is 932. The lowest BCUT2D eigenvalue weighted by molar-refractivity contribution is -0.123. The van der Waals surface area contributed by atoms with E-state index in [9.17, 15) is 4.79 Å². The summed E-state index contributed by atoms with van der Waals surface area (Å²) in [5.41, 5.74) is 4.82. The normalized spacial score (nSPS) is 25.5. The maximum atomic E-state index is 12.6. The van der Waals surface area contributed by atoms with Crippen LogP contribution in [-0.4, -0.2) is 12.1 Å². The van der Waals surface area contributed by atoms with Gasteiger partial charge in [0.15, 0.2) is 0 Å². The van der Waals surface area contributed by atoms with Crippen molar-refractivity contribution in [3.63, 3.8) is 0 Å². The van der Waals surface area contributed by atoms with E-state index in [1.807, 2.05) is 42.5 Å². The van der Waals surface area contributed by atoms with Crippen molar-refractivity contribution in [1.29, 1.82) is 0 Å². The number of nitrogens with zero attached hydrogens (tertiary/aromatic N) is 1. The van der Waals surface area contributed by atoms with Gasteiger partial charge in [0.05, 0.1) is 10.7 Å². The average molecular weight is 520 g/mol. The first-order chi connectivity index (χ1) is 14.0. The third-order valence-corrected chi connectivity index (χ3v) is 7.30. The van der Waals surface area contributed by atoms with Gasteiger partial charge in [-0.1, -0.05) is 66.0 Å². The summed E-state index contributed by atoms with van der Waals surface area (Å²) in [6, 6.07) is 13.9. The summed E-state index contributed by atoms with van der Waals surface area (Å²) < 4.78 is 7.79. The molecule has 0 aliphatic heterocycles. The Balaban J connectivity index is 1.44. The molecule has 6 heteroatoms. The lowest BCUT2D eigenvalue weighted by atomic mass is 9.90. The molecular weight excluding hydrogens is 496 g/mol. The molecule has 152 valence electrons. The Morgan fingerprint density at radius 1 is 1.28 bits per heavy atom. The molecule has 0 heterocycles. The summed E-state index contributed by atoms with van der Waals surface area (Å²) in [5, 5.41) is 4.24. The molecule has 2 aromatic rings. The maximum absolute atomic E-state index is 12.6. The number of halogens is 2. The van der Waals surface area contributed by atoms with Crippen molar-refractivity contribution in [3.05, 3.63) is 62.5 Å². The molecule has 0 radical (unpaired) electrons. The number of ether oxygens (including phenoxy) is 1. The Labute approximate surface area is 188 Å². The average Bonchev–Trinajstić information content (AvgIpc) is 3.33. The van der Waals surface area contributed by atoms with Crippen molar-refractivity contribution in [2.75, 3.05) is 0 Å². The van der Waals surface area contributed by atoms with Crippen LogP contribution in [0.3, 0.4) is 0 Å². The van der Waals surface area contributed by atoms with Crippen molar-refractivity contribution < 1.29 is 9.53 Å². The van der Waals surface area contributed by atoms with Gasteiger partial charge in [-0.2, -0.15) is 5.10 Å². The molecule has 0 unspecified atom stereocenters. The van der Waals surface area contributed by atoms with Gasteiger partial charge in [0, 0.05) is 16.0 Å². The summed E-state index contributed by atoms with van der Waals surface area (Å²) in [4.78, 5) is 12.6. The largest absolute Gasteiger partial charge is 0.487 e. The number of hydrogen-bond acceptors (Lipinski definition) is 3. The molecule has 29 heavy (non-hydrogen) atoms. The molecule has 2 aromatic carbocycles. The molecule has 2 aliphatic rings. The number of hydrogen-bond donors (Lipinski definition) is 1. The van der Waals surface area contributed by atoms with Crippen LogP contribution in [0, 0.1) is 17.3 Å². The summed E-state index contributed by atoms with van der Waals surface area (Å²) in [6.45, 7) is 2.70. The minimum Gasteiger partial charge on any atom is -0.487 e. The van der Waals surface area contributed by atoms with E-state index in [1.165, 1.54) is 12.8 Å². The first-order valence-electron chi connectivity index (χ1n) is 9.98. The fraction of sp³-hybridized carbons (Fsp3) is 0.391. The molecule has 4 rings (SSSR count).